The van der Waals surface area contributed by atoms with Crippen molar-refractivity contribution in [2.24, 2.45) is 0 Å². The van der Waals surface area contributed by atoms with Gasteiger partial charge in [0.15, 0.2) is 0 Å². The van der Waals surface area contributed by atoms with Crippen LogP contribution < -0.4 is 0 Å². The summed E-state index contributed by atoms with van der Waals surface area (Å²) >= 11 is 0. The van der Waals surface area contributed by atoms with Gasteiger partial charge < -0.3 is 0 Å². The summed E-state index contributed by atoms with van der Waals surface area (Å²) in [7, 11) is 0. The van der Waals surface area contributed by atoms with Crippen LogP contribution in [0.5, 0.6) is 0 Å². The third-order valence-corrected chi connectivity index (χ3v) is 5.05. The number of rotatable bonds is 0. The number of allylic oxidation sites excluding steroid dienone is 2. The maximum Gasteiger partial charge on any atom is 0.00317 e. The average Bonchev–Trinajstić information content (AvgIpc) is 2.55. The van der Waals surface area contributed by atoms with Crippen LogP contribution in [0, 0.1) is 6.92 Å². The fourth-order valence-electron chi connectivity index (χ4n) is 3.75. The SMILES string of the molecule is CC1=C(C)C(C)c2c1cc1c(c2C)CCCC1. The van der Waals surface area contributed by atoms with E-state index in [2.05, 4.69) is 33.8 Å². The molecule has 3 rings (SSSR count). The Morgan fingerprint density at radius 2 is 1.76 bits per heavy atom. The molecule has 0 radical (unpaired) electrons. The van der Waals surface area contributed by atoms with Crippen molar-refractivity contribution < 1.29 is 0 Å². The first-order valence-corrected chi connectivity index (χ1v) is 6.94. The normalized spacial score (nSPS) is 22.7. The molecule has 0 saturated heterocycles. The molecule has 1 aromatic rings. The van der Waals surface area contributed by atoms with Gasteiger partial charge in [0, 0.05) is 5.92 Å². The van der Waals surface area contributed by atoms with E-state index in [0.29, 0.717) is 5.92 Å². The van der Waals surface area contributed by atoms with Crippen LogP contribution in [0.3, 0.4) is 0 Å². The van der Waals surface area contributed by atoms with Crippen molar-refractivity contribution in [2.75, 3.05) is 0 Å². The van der Waals surface area contributed by atoms with Crippen LogP contribution >= 0.6 is 0 Å². The molecular weight excluding hydrogens is 204 g/mol. The van der Waals surface area contributed by atoms with E-state index in [9.17, 15) is 0 Å². The van der Waals surface area contributed by atoms with Crippen molar-refractivity contribution in [3.63, 3.8) is 0 Å². The molecule has 17 heavy (non-hydrogen) atoms. The summed E-state index contributed by atoms with van der Waals surface area (Å²) in [5.41, 5.74) is 11.2. The molecule has 1 aromatic carbocycles. The van der Waals surface area contributed by atoms with Crippen molar-refractivity contribution in [3.8, 4) is 0 Å². The highest BCUT2D eigenvalue weighted by atomic mass is 14.3. The van der Waals surface area contributed by atoms with Gasteiger partial charge in [0.2, 0.25) is 0 Å². The van der Waals surface area contributed by atoms with E-state index < -0.39 is 0 Å². The van der Waals surface area contributed by atoms with E-state index >= 15 is 0 Å². The van der Waals surface area contributed by atoms with Crippen LogP contribution in [0.4, 0.5) is 0 Å². The number of benzene rings is 1. The van der Waals surface area contributed by atoms with Crippen LogP contribution in [0.15, 0.2) is 11.6 Å². The van der Waals surface area contributed by atoms with Gasteiger partial charge in [0.05, 0.1) is 0 Å². The molecular formula is C17H22. The fourth-order valence-corrected chi connectivity index (χ4v) is 3.75. The van der Waals surface area contributed by atoms with Crippen molar-refractivity contribution in [1.29, 1.82) is 0 Å². The zero-order chi connectivity index (χ0) is 12.2. The standard InChI is InChI=1S/C17H22/c1-10-11(2)16-9-14-7-5-6-8-15(14)13(4)17(16)12(10)3/h9,12H,5-8H2,1-4H3. The van der Waals surface area contributed by atoms with Crippen LogP contribution in [0.2, 0.25) is 0 Å². The first-order valence-electron chi connectivity index (χ1n) is 6.94. The number of hydrogen-bond donors (Lipinski definition) is 0. The Balaban J connectivity index is 2.26. The Morgan fingerprint density at radius 3 is 2.53 bits per heavy atom. The second-order valence-electron chi connectivity index (χ2n) is 5.84. The predicted molar refractivity (Wildman–Crippen MR) is 74.5 cm³/mol. The lowest BCUT2D eigenvalue weighted by atomic mass is 9.82. The first-order chi connectivity index (χ1) is 8.11. The summed E-state index contributed by atoms with van der Waals surface area (Å²) in [5.74, 6) is 0.636. The summed E-state index contributed by atoms with van der Waals surface area (Å²) < 4.78 is 0. The van der Waals surface area contributed by atoms with Crippen molar-refractivity contribution >= 4 is 5.57 Å². The highest BCUT2D eigenvalue weighted by molar-refractivity contribution is 5.79. The van der Waals surface area contributed by atoms with E-state index in [1.54, 1.807) is 33.4 Å². The monoisotopic (exact) mass is 226 g/mol. The molecule has 0 saturated carbocycles. The summed E-state index contributed by atoms with van der Waals surface area (Å²) in [4.78, 5) is 0. The van der Waals surface area contributed by atoms with E-state index in [1.807, 2.05) is 0 Å². The maximum atomic E-state index is 2.50. The van der Waals surface area contributed by atoms with Gasteiger partial charge >= 0.3 is 0 Å². The molecule has 2 aliphatic carbocycles. The highest BCUT2D eigenvalue weighted by Gasteiger charge is 2.27. The van der Waals surface area contributed by atoms with Gasteiger partial charge in [-0.25, -0.2) is 0 Å². The second kappa shape index (κ2) is 3.73. The molecule has 1 unspecified atom stereocenters. The Kier molecular flexibility index (Phi) is 2.43. The zero-order valence-corrected chi connectivity index (χ0v) is 11.5. The molecule has 0 nitrogen and oxygen atoms in total. The van der Waals surface area contributed by atoms with Gasteiger partial charge in [-0.15, -0.1) is 0 Å². The highest BCUT2D eigenvalue weighted by Crippen LogP contribution is 2.45. The van der Waals surface area contributed by atoms with Gasteiger partial charge in [0.1, 0.15) is 0 Å². The van der Waals surface area contributed by atoms with E-state index in [0.717, 1.165) is 0 Å². The Morgan fingerprint density at radius 1 is 1.06 bits per heavy atom. The molecule has 0 aromatic heterocycles. The predicted octanol–water partition coefficient (Wildman–Crippen LogP) is 4.78. The molecule has 2 aliphatic rings. The second-order valence-corrected chi connectivity index (χ2v) is 5.84. The Bertz CT molecular complexity index is 517. The summed E-state index contributed by atoms with van der Waals surface area (Å²) in [6.07, 6.45) is 5.36. The minimum Gasteiger partial charge on any atom is -0.0625 e. The summed E-state index contributed by atoms with van der Waals surface area (Å²) in [5, 5.41) is 0. The Hall–Kier alpha value is -1.04. The lowest BCUT2D eigenvalue weighted by molar-refractivity contribution is 0.679. The third kappa shape index (κ3) is 1.43. The lowest BCUT2D eigenvalue weighted by Crippen LogP contribution is -2.08. The van der Waals surface area contributed by atoms with Gasteiger partial charge in [-0.05, 0) is 79.8 Å². The van der Waals surface area contributed by atoms with E-state index in [-0.39, 0.29) is 0 Å². The maximum absolute atomic E-state index is 2.50. The van der Waals surface area contributed by atoms with Gasteiger partial charge in [-0.2, -0.15) is 0 Å². The largest absolute Gasteiger partial charge is 0.0625 e. The lowest BCUT2D eigenvalue weighted by Gasteiger charge is -2.23. The number of aryl methyl sites for hydroxylation is 1. The van der Waals surface area contributed by atoms with Gasteiger partial charge in [0.25, 0.3) is 0 Å². The average molecular weight is 226 g/mol. The number of fused-ring (bicyclic) bond motifs is 2. The van der Waals surface area contributed by atoms with Crippen molar-refractivity contribution in [2.45, 2.75) is 59.3 Å². The zero-order valence-electron chi connectivity index (χ0n) is 11.5. The topological polar surface area (TPSA) is 0 Å². The minimum absolute atomic E-state index is 0.636. The van der Waals surface area contributed by atoms with E-state index in [4.69, 9.17) is 0 Å². The molecule has 0 bridgehead atoms. The minimum atomic E-state index is 0.636. The smallest absolute Gasteiger partial charge is 0.00317 e. The number of hydrogen-bond acceptors (Lipinski definition) is 0. The molecule has 0 fully saturated rings. The van der Waals surface area contributed by atoms with Crippen LogP contribution in [0.1, 0.15) is 67.3 Å². The molecule has 0 N–H and O–H groups in total. The Labute approximate surface area is 105 Å². The van der Waals surface area contributed by atoms with Gasteiger partial charge in [-0.3, -0.25) is 0 Å². The van der Waals surface area contributed by atoms with Crippen LogP contribution in [0.25, 0.3) is 5.57 Å². The summed E-state index contributed by atoms with van der Waals surface area (Å²) in [6, 6.07) is 2.50. The van der Waals surface area contributed by atoms with Crippen molar-refractivity contribution in [1.82, 2.24) is 0 Å². The fraction of sp³-hybridized carbons (Fsp3) is 0.529. The molecule has 0 spiro atoms. The molecule has 0 amide bonds. The third-order valence-electron chi connectivity index (χ3n) is 5.05. The summed E-state index contributed by atoms with van der Waals surface area (Å²) in [6.45, 7) is 9.32. The first kappa shape index (κ1) is 11.1. The van der Waals surface area contributed by atoms with E-state index in [1.165, 1.54) is 31.3 Å². The quantitative estimate of drug-likeness (QED) is 0.597. The van der Waals surface area contributed by atoms with Crippen molar-refractivity contribution in [3.05, 3.63) is 39.5 Å². The molecule has 90 valence electrons. The molecule has 0 aliphatic heterocycles. The molecule has 1 atom stereocenters. The van der Waals surface area contributed by atoms with Crippen LogP contribution in [-0.2, 0) is 12.8 Å². The van der Waals surface area contributed by atoms with Gasteiger partial charge in [-0.1, -0.05) is 18.6 Å². The van der Waals surface area contributed by atoms with Crippen LogP contribution in [-0.4, -0.2) is 0 Å². The molecule has 0 heteroatoms. The molecule has 0 heterocycles.